The first-order valence-corrected chi connectivity index (χ1v) is 5.07. The Hall–Kier alpha value is -1.17. The van der Waals surface area contributed by atoms with Crippen LogP contribution < -0.4 is 4.74 Å². The van der Waals surface area contributed by atoms with Gasteiger partial charge >= 0.3 is 0 Å². The van der Waals surface area contributed by atoms with Crippen LogP contribution in [0.1, 0.15) is 18.9 Å². The summed E-state index contributed by atoms with van der Waals surface area (Å²) in [5.41, 5.74) is 0.778. The molecule has 0 aliphatic rings. The number of ether oxygens (including phenoxy) is 1. The minimum atomic E-state index is -0.0126. The standard InChI is InChI=1S/C12H13ClO2/c1-2-3-4-7-15-12-6-5-10(9-14)8-11(12)13/h5-6,8,14H,4,7,9H2,1H3. The molecule has 0 spiro atoms. The van der Waals surface area contributed by atoms with E-state index in [0.29, 0.717) is 23.8 Å². The maximum atomic E-state index is 8.88. The van der Waals surface area contributed by atoms with Gasteiger partial charge in [-0.25, -0.2) is 0 Å². The predicted octanol–water partition coefficient (Wildman–Crippen LogP) is 2.62. The molecule has 2 nitrogen and oxygen atoms in total. The summed E-state index contributed by atoms with van der Waals surface area (Å²) in [6.45, 7) is 2.31. The Bertz CT molecular complexity index is 377. The molecular weight excluding hydrogens is 212 g/mol. The summed E-state index contributed by atoms with van der Waals surface area (Å²) in [6, 6.07) is 5.24. The molecule has 1 aromatic rings. The Kier molecular flexibility index (Phi) is 5.03. The molecule has 0 saturated heterocycles. The van der Waals surface area contributed by atoms with Gasteiger partial charge in [0, 0.05) is 6.42 Å². The molecule has 0 amide bonds. The normalized spacial score (nSPS) is 9.27. The van der Waals surface area contributed by atoms with E-state index in [1.165, 1.54) is 0 Å². The molecule has 1 aromatic carbocycles. The van der Waals surface area contributed by atoms with Crippen LogP contribution in [-0.2, 0) is 6.61 Å². The van der Waals surface area contributed by atoms with Gasteiger partial charge < -0.3 is 9.84 Å². The van der Waals surface area contributed by atoms with Gasteiger partial charge in [-0.1, -0.05) is 17.7 Å². The molecule has 0 bridgehead atoms. The Labute approximate surface area is 94.8 Å². The van der Waals surface area contributed by atoms with E-state index in [9.17, 15) is 0 Å². The zero-order valence-electron chi connectivity index (χ0n) is 8.59. The number of halogens is 1. The van der Waals surface area contributed by atoms with Gasteiger partial charge in [0.15, 0.2) is 0 Å². The molecule has 0 saturated carbocycles. The van der Waals surface area contributed by atoms with Gasteiger partial charge in [-0.2, -0.15) is 0 Å². The summed E-state index contributed by atoms with van der Waals surface area (Å²) in [5.74, 6) is 6.32. The van der Waals surface area contributed by atoms with Gasteiger partial charge in [0.05, 0.1) is 18.2 Å². The average molecular weight is 225 g/mol. The van der Waals surface area contributed by atoms with Crippen LogP contribution >= 0.6 is 11.6 Å². The van der Waals surface area contributed by atoms with Crippen molar-refractivity contribution < 1.29 is 9.84 Å². The minimum Gasteiger partial charge on any atom is -0.491 e. The fraction of sp³-hybridized carbons (Fsp3) is 0.333. The maximum Gasteiger partial charge on any atom is 0.137 e. The van der Waals surface area contributed by atoms with Gasteiger partial charge in [0.1, 0.15) is 5.75 Å². The molecule has 1 rings (SSSR count). The quantitative estimate of drug-likeness (QED) is 0.629. The van der Waals surface area contributed by atoms with Crippen LogP contribution in [0.4, 0.5) is 0 Å². The summed E-state index contributed by atoms with van der Waals surface area (Å²) in [4.78, 5) is 0. The van der Waals surface area contributed by atoms with Crippen LogP contribution in [0.15, 0.2) is 18.2 Å². The van der Waals surface area contributed by atoms with E-state index in [1.54, 1.807) is 25.1 Å². The van der Waals surface area contributed by atoms with Gasteiger partial charge in [0.25, 0.3) is 0 Å². The molecule has 0 heterocycles. The number of aliphatic hydroxyl groups excluding tert-OH is 1. The second kappa shape index (κ2) is 6.34. The second-order valence-corrected chi connectivity index (χ2v) is 3.36. The van der Waals surface area contributed by atoms with Crippen molar-refractivity contribution >= 4 is 11.6 Å². The van der Waals surface area contributed by atoms with Gasteiger partial charge in [-0.3, -0.25) is 0 Å². The van der Waals surface area contributed by atoms with Crippen LogP contribution in [0.5, 0.6) is 5.75 Å². The third-order valence-corrected chi connectivity index (χ3v) is 2.14. The molecule has 0 atom stereocenters. The summed E-state index contributed by atoms with van der Waals surface area (Å²) < 4.78 is 5.42. The zero-order chi connectivity index (χ0) is 11.1. The first kappa shape index (κ1) is 11.9. The lowest BCUT2D eigenvalue weighted by molar-refractivity contribution is 0.281. The largest absolute Gasteiger partial charge is 0.491 e. The predicted molar refractivity (Wildman–Crippen MR) is 60.9 cm³/mol. The Balaban J connectivity index is 2.56. The highest BCUT2D eigenvalue weighted by Gasteiger charge is 2.01. The molecule has 0 aliphatic heterocycles. The lowest BCUT2D eigenvalue weighted by Gasteiger charge is -2.07. The van der Waals surface area contributed by atoms with Crippen LogP contribution in [0, 0.1) is 11.8 Å². The topological polar surface area (TPSA) is 29.5 Å². The highest BCUT2D eigenvalue weighted by molar-refractivity contribution is 6.32. The van der Waals surface area contributed by atoms with Crippen molar-refractivity contribution in [1.82, 2.24) is 0 Å². The van der Waals surface area contributed by atoms with E-state index >= 15 is 0 Å². The number of hydrogen-bond donors (Lipinski definition) is 1. The van der Waals surface area contributed by atoms with Crippen molar-refractivity contribution in [3.05, 3.63) is 28.8 Å². The van der Waals surface area contributed by atoms with Crippen molar-refractivity contribution in [2.45, 2.75) is 20.0 Å². The maximum absolute atomic E-state index is 8.88. The van der Waals surface area contributed by atoms with E-state index in [0.717, 1.165) is 5.56 Å². The fourth-order valence-electron chi connectivity index (χ4n) is 1.10. The van der Waals surface area contributed by atoms with E-state index in [4.69, 9.17) is 21.4 Å². The molecule has 0 aromatic heterocycles. The molecule has 80 valence electrons. The van der Waals surface area contributed by atoms with Crippen LogP contribution in [0.25, 0.3) is 0 Å². The Morgan fingerprint density at radius 3 is 2.87 bits per heavy atom. The smallest absolute Gasteiger partial charge is 0.137 e. The first-order chi connectivity index (χ1) is 7.27. The van der Waals surface area contributed by atoms with Crippen molar-refractivity contribution in [1.29, 1.82) is 0 Å². The Morgan fingerprint density at radius 2 is 2.27 bits per heavy atom. The summed E-state index contributed by atoms with van der Waals surface area (Å²) in [6.07, 6.45) is 0.689. The van der Waals surface area contributed by atoms with Crippen LogP contribution in [-0.4, -0.2) is 11.7 Å². The van der Waals surface area contributed by atoms with Crippen molar-refractivity contribution in [3.63, 3.8) is 0 Å². The lowest BCUT2D eigenvalue weighted by atomic mass is 10.2. The lowest BCUT2D eigenvalue weighted by Crippen LogP contribution is -1.97. The zero-order valence-corrected chi connectivity index (χ0v) is 9.34. The van der Waals surface area contributed by atoms with Crippen LogP contribution in [0.3, 0.4) is 0 Å². The molecule has 3 heteroatoms. The molecule has 15 heavy (non-hydrogen) atoms. The van der Waals surface area contributed by atoms with Crippen molar-refractivity contribution in [2.24, 2.45) is 0 Å². The number of hydrogen-bond acceptors (Lipinski definition) is 2. The molecule has 0 fully saturated rings. The fourth-order valence-corrected chi connectivity index (χ4v) is 1.35. The molecule has 0 unspecified atom stereocenters. The van der Waals surface area contributed by atoms with E-state index in [-0.39, 0.29) is 6.61 Å². The van der Waals surface area contributed by atoms with E-state index < -0.39 is 0 Å². The minimum absolute atomic E-state index is 0.0126. The molecule has 0 aliphatic carbocycles. The van der Waals surface area contributed by atoms with Gasteiger partial charge in [-0.05, 0) is 24.6 Å². The third-order valence-electron chi connectivity index (χ3n) is 1.84. The average Bonchev–Trinajstić information content (AvgIpc) is 2.26. The molecule has 1 N–H and O–H groups in total. The highest BCUT2D eigenvalue weighted by Crippen LogP contribution is 2.25. The van der Waals surface area contributed by atoms with E-state index in [2.05, 4.69) is 11.8 Å². The number of aliphatic hydroxyl groups is 1. The van der Waals surface area contributed by atoms with Crippen molar-refractivity contribution in [2.75, 3.05) is 6.61 Å². The van der Waals surface area contributed by atoms with Crippen molar-refractivity contribution in [3.8, 4) is 17.6 Å². The third kappa shape index (κ3) is 3.83. The highest BCUT2D eigenvalue weighted by atomic mass is 35.5. The van der Waals surface area contributed by atoms with Gasteiger partial charge in [0.2, 0.25) is 0 Å². The summed E-state index contributed by atoms with van der Waals surface area (Å²) in [5, 5.41) is 9.40. The van der Waals surface area contributed by atoms with Crippen LogP contribution in [0.2, 0.25) is 5.02 Å². The molecule has 0 radical (unpaired) electrons. The second-order valence-electron chi connectivity index (χ2n) is 2.95. The Morgan fingerprint density at radius 1 is 1.47 bits per heavy atom. The number of rotatable bonds is 4. The monoisotopic (exact) mass is 224 g/mol. The number of benzene rings is 1. The van der Waals surface area contributed by atoms with Gasteiger partial charge in [-0.15, -0.1) is 11.8 Å². The molecular formula is C12H13ClO2. The first-order valence-electron chi connectivity index (χ1n) is 4.69. The summed E-state index contributed by atoms with van der Waals surface area (Å²) in [7, 11) is 0. The summed E-state index contributed by atoms with van der Waals surface area (Å²) >= 11 is 5.95. The SMILES string of the molecule is CC#CCCOc1ccc(CO)cc1Cl. The van der Waals surface area contributed by atoms with E-state index in [1.807, 2.05) is 0 Å².